The van der Waals surface area contributed by atoms with Crippen LogP contribution < -0.4 is 0 Å². The van der Waals surface area contributed by atoms with E-state index in [1.54, 1.807) is 6.08 Å². The highest BCUT2D eigenvalue weighted by atomic mass is 79.9. The summed E-state index contributed by atoms with van der Waals surface area (Å²) in [7, 11) is 0. The van der Waals surface area contributed by atoms with E-state index >= 15 is 0 Å². The van der Waals surface area contributed by atoms with Crippen molar-refractivity contribution in [3.8, 4) is 0 Å². The first kappa shape index (κ1) is 18.0. The second-order valence-electron chi connectivity index (χ2n) is 7.04. The molecule has 2 aliphatic heterocycles. The molecule has 2 aromatic rings. The quantitative estimate of drug-likeness (QED) is 0.672. The van der Waals surface area contributed by atoms with E-state index in [1.807, 2.05) is 53.4 Å². The standard InChI is InChI=1S/C22H21BrN2O2/c23-19-9-5-4-6-17(19)10-11-21(26)25-14-12-22(13-15-25)16-20(24-27-22)18-7-2-1-3-8-18/h1-11H,12-16H2/b11-10+. The molecular formula is C22H21BrN2O2. The molecule has 1 amide bonds. The van der Waals surface area contributed by atoms with Gasteiger partial charge >= 0.3 is 0 Å². The Morgan fingerprint density at radius 2 is 1.78 bits per heavy atom. The smallest absolute Gasteiger partial charge is 0.246 e. The molecule has 0 bridgehead atoms. The van der Waals surface area contributed by atoms with Gasteiger partial charge in [-0.3, -0.25) is 4.79 Å². The van der Waals surface area contributed by atoms with Crippen molar-refractivity contribution in [1.29, 1.82) is 0 Å². The van der Waals surface area contributed by atoms with Gasteiger partial charge in [-0.15, -0.1) is 0 Å². The third kappa shape index (κ3) is 3.98. The highest BCUT2D eigenvalue weighted by Crippen LogP contribution is 2.36. The van der Waals surface area contributed by atoms with Gasteiger partial charge < -0.3 is 9.74 Å². The molecule has 2 aliphatic rings. The first-order chi connectivity index (χ1) is 13.2. The lowest BCUT2D eigenvalue weighted by atomic mass is 9.85. The fraction of sp³-hybridized carbons (Fsp3) is 0.273. The molecule has 5 heteroatoms. The Morgan fingerprint density at radius 3 is 2.52 bits per heavy atom. The first-order valence-electron chi connectivity index (χ1n) is 9.17. The summed E-state index contributed by atoms with van der Waals surface area (Å²) in [6.45, 7) is 1.38. The number of hydrogen-bond acceptors (Lipinski definition) is 3. The van der Waals surface area contributed by atoms with Crippen LogP contribution in [0.25, 0.3) is 6.08 Å². The zero-order chi connectivity index (χ0) is 18.7. The number of benzene rings is 2. The van der Waals surface area contributed by atoms with Crippen LogP contribution in [0.5, 0.6) is 0 Å². The highest BCUT2D eigenvalue weighted by molar-refractivity contribution is 9.10. The van der Waals surface area contributed by atoms with Crippen LogP contribution in [0.1, 0.15) is 30.4 Å². The third-order valence-electron chi connectivity index (χ3n) is 5.24. The number of amides is 1. The van der Waals surface area contributed by atoms with Crippen LogP contribution in [0, 0.1) is 0 Å². The van der Waals surface area contributed by atoms with E-state index in [-0.39, 0.29) is 11.5 Å². The molecule has 1 spiro atoms. The van der Waals surface area contributed by atoms with Crippen molar-refractivity contribution in [3.05, 3.63) is 76.3 Å². The van der Waals surface area contributed by atoms with Crippen molar-refractivity contribution in [2.45, 2.75) is 24.9 Å². The normalized spacial score (nSPS) is 18.6. The van der Waals surface area contributed by atoms with E-state index < -0.39 is 0 Å². The lowest BCUT2D eigenvalue weighted by Crippen LogP contribution is -2.46. The van der Waals surface area contributed by atoms with Crippen LogP contribution in [0.15, 0.2) is 70.3 Å². The maximum absolute atomic E-state index is 12.5. The van der Waals surface area contributed by atoms with E-state index in [2.05, 4.69) is 33.2 Å². The van der Waals surface area contributed by atoms with Gasteiger partial charge in [0, 0.05) is 42.9 Å². The number of oxime groups is 1. The van der Waals surface area contributed by atoms with Gasteiger partial charge in [-0.1, -0.05) is 69.6 Å². The van der Waals surface area contributed by atoms with Gasteiger partial charge in [0.1, 0.15) is 5.60 Å². The summed E-state index contributed by atoms with van der Waals surface area (Å²) in [6, 6.07) is 18.0. The Morgan fingerprint density at radius 1 is 1.07 bits per heavy atom. The van der Waals surface area contributed by atoms with Crippen molar-refractivity contribution in [2.24, 2.45) is 5.16 Å². The van der Waals surface area contributed by atoms with Gasteiger partial charge in [0.15, 0.2) is 0 Å². The lowest BCUT2D eigenvalue weighted by Gasteiger charge is -2.36. The van der Waals surface area contributed by atoms with Gasteiger partial charge in [-0.05, 0) is 23.3 Å². The molecule has 1 saturated heterocycles. The molecule has 0 atom stereocenters. The lowest BCUT2D eigenvalue weighted by molar-refractivity contribution is -0.131. The molecule has 4 nitrogen and oxygen atoms in total. The van der Waals surface area contributed by atoms with Crippen molar-refractivity contribution in [3.63, 3.8) is 0 Å². The molecule has 0 radical (unpaired) electrons. The first-order valence-corrected chi connectivity index (χ1v) is 9.97. The van der Waals surface area contributed by atoms with Gasteiger partial charge in [-0.25, -0.2) is 0 Å². The van der Waals surface area contributed by atoms with E-state index in [0.29, 0.717) is 13.1 Å². The summed E-state index contributed by atoms with van der Waals surface area (Å²) in [6.07, 6.45) is 5.94. The predicted molar refractivity (Wildman–Crippen MR) is 110 cm³/mol. The van der Waals surface area contributed by atoms with Gasteiger partial charge in [0.2, 0.25) is 5.91 Å². The number of carbonyl (C=O) groups is 1. The SMILES string of the molecule is O=C(/C=C/c1ccccc1Br)N1CCC2(CC1)CC(c1ccccc1)=NO2. The summed E-state index contributed by atoms with van der Waals surface area (Å²) >= 11 is 3.50. The van der Waals surface area contributed by atoms with Crippen LogP contribution in [-0.2, 0) is 9.63 Å². The Kier molecular flexibility index (Phi) is 5.12. The van der Waals surface area contributed by atoms with Crippen LogP contribution >= 0.6 is 15.9 Å². The van der Waals surface area contributed by atoms with Crippen LogP contribution in [0.4, 0.5) is 0 Å². The minimum absolute atomic E-state index is 0.0443. The molecule has 0 saturated carbocycles. The second kappa shape index (κ2) is 7.69. The molecule has 4 rings (SSSR count). The Hall–Kier alpha value is -2.40. The average Bonchev–Trinajstić information content (AvgIpc) is 3.12. The summed E-state index contributed by atoms with van der Waals surface area (Å²) in [4.78, 5) is 20.3. The minimum atomic E-state index is -0.256. The van der Waals surface area contributed by atoms with Gasteiger partial charge in [0.05, 0.1) is 5.71 Å². The number of nitrogens with zero attached hydrogens (tertiary/aromatic N) is 2. The van der Waals surface area contributed by atoms with E-state index in [9.17, 15) is 4.79 Å². The highest BCUT2D eigenvalue weighted by Gasteiger charge is 2.42. The predicted octanol–water partition coefficient (Wildman–Crippen LogP) is 4.65. The van der Waals surface area contributed by atoms with Crippen LogP contribution in [-0.4, -0.2) is 35.2 Å². The minimum Gasteiger partial charge on any atom is -0.388 e. The van der Waals surface area contributed by atoms with Crippen molar-refractivity contribution < 1.29 is 9.63 Å². The van der Waals surface area contributed by atoms with E-state index in [4.69, 9.17) is 4.84 Å². The number of likely N-dealkylation sites (tertiary alicyclic amines) is 1. The van der Waals surface area contributed by atoms with Crippen LogP contribution in [0.3, 0.4) is 0 Å². The van der Waals surface area contributed by atoms with Gasteiger partial charge in [0.25, 0.3) is 0 Å². The maximum atomic E-state index is 12.5. The fourth-order valence-electron chi connectivity index (χ4n) is 3.59. The molecule has 0 N–H and O–H groups in total. The number of rotatable bonds is 3. The zero-order valence-corrected chi connectivity index (χ0v) is 16.6. The molecular weight excluding hydrogens is 404 g/mol. The number of piperidine rings is 1. The third-order valence-corrected chi connectivity index (χ3v) is 5.97. The molecule has 1 fully saturated rings. The van der Waals surface area contributed by atoms with Crippen LogP contribution in [0.2, 0.25) is 0 Å². The fourth-order valence-corrected chi connectivity index (χ4v) is 4.00. The molecule has 138 valence electrons. The molecule has 2 heterocycles. The number of carbonyl (C=O) groups excluding carboxylic acids is 1. The number of halogens is 1. The van der Waals surface area contributed by atoms with Crippen molar-refractivity contribution in [1.82, 2.24) is 4.90 Å². The Balaban J connectivity index is 1.34. The summed E-state index contributed by atoms with van der Waals surface area (Å²) in [5.41, 5.74) is 2.86. The molecule has 0 aliphatic carbocycles. The Bertz CT molecular complexity index is 884. The van der Waals surface area contributed by atoms with E-state index in [0.717, 1.165) is 40.6 Å². The molecule has 0 unspecified atom stereocenters. The largest absolute Gasteiger partial charge is 0.388 e. The zero-order valence-electron chi connectivity index (χ0n) is 15.0. The summed E-state index contributed by atoms with van der Waals surface area (Å²) in [5.74, 6) is 0.0443. The summed E-state index contributed by atoms with van der Waals surface area (Å²) < 4.78 is 0.983. The Labute approximate surface area is 167 Å². The maximum Gasteiger partial charge on any atom is 0.246 e. The van der Waals surface area contributed by atoms with E-state index in [1.165, 1.54) is 0 Å². The van der Waals surface area contributed by atoms with Crippen molar-refractivity contribution >= 4 is 33.6 Å². The monoisotopic (exact) mass is 424 g/mol. The molecule has 27 heavy (non-hydrogen) atoms. The van der Waals surface area contributed by atoms with Gasteiger partial charge in [-0.2, -0.15) is 0 Å². The summed E-state index contributed by atoms with van der Waals surface area (Å²) in [5, 5.41) is 4.33. The topological polar surface area (TPSA) is 41.9 Å². The molecule has 2 aromatic carbocycles. The van der Waals surface area contributed by atoms with Crippen molar-refractivity contribution in [2.75, 3.05) is 13.1 Å². The second-order valence-corrected chi connectivity index (χ2v) is 7.89. The number of hydrogen-bond donors (Lipinski definition) is 0. The molecule has 0 aromatic heterocycles. The average molecular weight is 425 g/mol.